The van der Waals surface area contributed by atoms with Gasteiger partial charge in [-0.25, -0.2) is 4.72 Å². The van der Waals surface area contributed by atoms with E-state index in [1.54, 1.807) is 0 Å². The van der Waals surface area contributed by atoms with Crippen LogP contribution in [0.25, 0.3) is 0 Å². The molecule has 4 fully saturated rings. The fourth-order valence-electron chi connectivity index (χ4n) is 8.21. The monoisotopic (exact) mass is 533 g/mol. The molecule has 4 rings (SSSR count). The minimum Gasteiger partial charge on any atom is -0.300 e. The van der Waals surface area contributed by atoms with Crippen molar-refractivity contribution in [1.82, 2.24) is 4.72 Å². The Bertz CT molecular complexity index is 1090. The van der Waals surface area contributed by atoms with Gasteiger partial charge in [-0.2, -0.15) is 21.6 Å². The Balaban J connectivity index is 1.49. The smallest absolute Gasteiger partial charge is 0.300 e. The van der Waals surface area contributed by atoms with Gasteiger partial charge >= 0.3 is 15.5 Å². The zero-order valence-corrected chi connectivity index (χ0v) is 21.6. The number of sulfonamides is 1. The zero-order chi connectivity index (χ0) is 26.8. The average Bonchev–Trinajstić information content (AvgIpc) is 3.11. The molecule has 0 aromatic carbocycles. The first-order valence-electron chi connectivity index (χ1n) is 12.7. The lowest BCUT2D eigenvalue weighted by Crippen LogP contribution is -2.60. The summed E-state index contributed by atoms with van der Waals surface area (Å²) in [5.41, 5.74) is -6.58. The van der Waals surface area contributed by atoms with Gasteiger partial charge in [-0.15, -0.1) is 0 Å². The van der Waals surface area contributed by atoms with E-state index in [-0.39, 0.29) is 71.1 Å². The van der Waals surface area contributed by atoms with Gasteiger partial charge < -0.3 is 0 Å². The van der Waals surface area contributed by atoms with Crippen LogP contribution in [0.1, 0.15) is 78.6 Å². The lowest BCUT2D eigenvalue weighted by atomic mass is 9.44. The molecule has 8 atom stereocenters. The van der Waals surface area contributed by atoms with Crippen LogP contribution in [0.2, 0.25) is 0 Å². The molecule has 0 unspecified atom stereocenters. The van der Waals surface area contributed by atoms with Crippen molar-refractivity contribution in [3.8, 4) is 0 Å². The van der Waals surface area contributed by atoms with Crippen LogP contribution >= 0.6 is 0 Å². The predicted octanol–water partition coefficient (Wildman–Crippen LogP) is 3.95. The second kappa shape index (κ2) is 8.91. The molecule has 0 saturated heterocycles. The van der Waals surface area contributed by atoms with Crippen LogP contribution < -0.4 is 4.72 Å². The molecule has 7 nitrogen and oxygen atoms in total. The molecule has 1 amide bonds. The Morgan fingerprint density at radius 3 is 2.39 bits per heavy atom. The molecule has 0 spiro atoms. The summed E-state index contributed by atoms with van der Waals surface area (Å²) in [6, 6.07) is 0. The number of amides is 1. The van der Waals surface area contributed by atoms with E-state index >= 15 is 0 Å². The number of nitrogens with one attached hydrogen (secondary N) is 1. The standard InChI is InChI=1S/C25H34F3NO6S/c1-13(4-7-21(33)29-36(34,35)25(26,27)28)16-5-6-17-22-18(12-20(32)24(16,17)3)23(2)9-8-15(30)10-14(23)11-19(22)31/h13-14,16-18,22H,4-12H2,1-3H3,(H,29,33)/t13-,14+,16-,17+,18+,22+,23+,24-/m1/s1. The molecule has 0 heterocycles. The first-order chi connectivity index (χ1) is 16.5. The van der Waals surface area contributed by atoms with Crippen LogP contribution in [-0.4, -0.2) is 37.2 Å². The summed E-state index contributed by atoms with van der Waals surface area (Å²) in [6.07, 6.45) is 3.25. The fraction of sp³-hybridized carbons (Fsp3) is 0.840. The third kappa shape index (κ3) is 4.22. The number of rotatable bonds is 5. The Morgan fingerprint density at radius 2 is 1.75 bits per heavy atom. The molecule has 0 aromatic heterocycles. The molecule has 202 valence electrons. The van der Waals surface area contributed by atoms with Gasteiger partial charge in [0.15, 0.2) is 0 Å². The quantitative estimate of drug-likeness (QED) is 0.572. The molecular formula is C25H34F3NO6S. The van der Waals surface area contributed by atoms with Crippen molar-refractivity contribution in [2.45, 2.75) is 84.1 Å². The van der Waals surface area contributed by atoms with Crippen molar-refractivity contribution in [3.63, 3.8) is 0 Å². The number of hydrogen-bond donors (Lipinski definition) is 1. The maximum atomic E-state index is 13.7. The Labute approximate surface area is 209 Å². The summed E-state index contributed by atoms with van der Waals surface area (Å²) in [5.74, 6) is -1.73. The molecular weight excluding hydrogens is 499 g/mol. The first-order valence-corrected chi connectivity index (χ1v) is 14.2. The molecule has 1 N–H and O–H groups in total. The highest BCUT2D eigenvalue weighted by atomic mass is 32.2. The van der Waals surface area contributed by atoms with E-state index in [1.165, 1.54) is 0 Å². The third-order valence-electron chi connectivity index (χ3n) is 10.3. The first kappa shape index (κ1) is 27.3. The lowest BCUT2D eigenvalue weighted by molar-refractivity contribution is -0.166. The number of halogens is 3. The molecule has 4 aliphatic carbocycles. The minimum absolute atomic E-state index is 0.0210. The van der Waals surface area contributed by atoms with Crippen molar-refractivity contribution >= 4 is 33.3 Å². The van der Waals surface area contributed by atoms with E-state index in [1.807, 2.05) is 13.8 Å². The minimum atomic E-state index is -5.75. The summed E-state index contributed by atoms with van der Waals surface area (Å²) in [5, 5.41) is 0. The number of fused-ring (bicyclic) bond motifs is 5. The summed E-state index contributed by atoms with van der Waals surface area (Å²) in [7, 11) is -5.75. The summed E-state index contributed by atoms with van der Waals surface area (Å²) < 4.78 is 61.1. The zero-order valence-electron chi connectivity index (χ0n) is 20.8. The third-order valence-corrected chi connectivity index (χ3v) is 11.4. The number of Topliss-reactive ketones (excluding diaryl/α,β-unsaturated/α-hetero) is 3. The highest BCUT2D eigenvalue weighted by Gasteiger charge is 2.66. The Morgan fingerprint density at radius 1 is 1.08 bits per heavy atom. The molecule has 36 heavy (non-hydrogen) atoms. The van der Waals surface area contributed by atoms with Gasteiger partial charge in [0.1, 0.15) is 17.3 Å². The maximum absolute atomic E-state index is 13.7. The number of carbonyl (C=O) groups is 4. The molecule has 0 radical (unpaired) electrons. The van der Waals surface area contributed by atoms with Crippen molar-refractivity contribution in [2.24, 2.45) is 46.3 Å². The highest BCUT2D eigenvalue weighted by molar-refractivity contribution is 7.90. The normalized spacial score (nSPS) is 39.7. The van der Waals surface area contributed by atoms with Crippen LogP contribution in [0.5, 0.6) is 0 Å². The van der Waals surface area contributed by atoms with Gasteiger partial charge in [-0.1, -0.05) is 20.8 Å². The number of alkyl halides is 3. The highest BCUT2D eigenvalue weighted by Crippen LogP contribution is 2.66. The SMILES string of the molecule is C[C@H](CCC(=O)NS(=O)(=O)C(F)(F)F)[C@H]1CC[C@H]2[C@@H]3C(=O)C[C@@H]4CC(=O)CC[C@]4(C)[C@H]3CC(=O)[C@]12C. The van der Waals surface area contributed by atoms with Gasteiger partial charge in [0, 0.05) is 43.4 Å². The van der Waals surface area contributed by atoms with Gasteiger partial charge in [0.25, 0.3) is 0 Å². The van der Waals surface area contributed by atoms with Crippen LogP contribution in [0, 0.1) is 46.3 Å². The van der Waals surface area contributed by atoms with Crippen LogP contribution in [0.4, 0.5) is 13.2 Å². The molecule has 0 bridgehead atoms. The van der Waals surface area contributed by atoms with E-state index in [2.05, 4.69) is 6.92 Å². The lowest BCUT2D eigenvalue weighted by Gasteiger charge is -2.58. The van der Waals surface area contributed by atoms with E-state index in [4.69, 9.17) is 0 Å². The van der Waals surface area contributed by atoms with Crippen LogP contribution in [-0.2, 0) is 29.2 Å². The van der Waals surface area contributed by atoms with Gasteiger partial charge in [0.05, 0.1) is 0 Å². The van der Waals surface area contributed by atoms with Crippen molar-refractivity contribution in [3.05, 3.63) is 0 Å². The fourth-order valence-corrected chi connectivity index (χ4v) is 8.73. The summed E-state index contributed by atoms with van der Waals surface area (Å²) in [6.45, 7) is 5.85. The Kier molecular flexibility index (Phi) is 6.75. The van der Waals surface area contributed by atoms with Gasteiger partial charge in [-0.05, 0) is 60.7 Å². The second-order valence-corrected chi connectivity index (χ2v) is 13.6. The largest absolute Gasteiger partial charge is 0.516 e. The van der Waals surface area contributed by atoms with E-state index in [9.17, 15) is 40.8 Å². The molecule has 11 heteroatoms. The Hall–Kier alpha value is -1.78. The molecule has 4 saturated carbocycles. The van der Waals surface area contributed by atoms with Crippen LogP contribution in [0.3, 0.4) is 0 Å². The van der Waals surface area contributed by atoms with E-state index < -0.39 is 33.3 Å². The number of hydrogen-bond acceptors (Lipinski definition) is 6. The van der Waals surface area contributed by atoms with Crippen molar-refractivity contribution in [2.75, 3.05) is 0 Å². The average molecular weight is 534 g/mol. The molecule has 4 aliphatic rings. The predicted molar refractivity (Wildman–Crippen MR) is 123 cm³/mol. The summed E-state index contributed by atoms with van der Waals surface area (Å²) >= 11 is 0. The number of ketones is 3. The molecule has 0 aliphatic heterocycles. The van der Waals surface area contributed by atoms with Crippen molar-refractivity contribution in [1.29, 1.82) is 0 Å². The van der Waals surface area contributed by atoms with E-state index in [0.29, 0.717) is 38.5 Å². The number of carbonyl (C=O) groups excluding carboxylic acids is 4. The molecule has 0 aromatic rings. The topological polar surface area (TPSA) is 114 Å². The second-order valence-electron chi connectivity index (χ2n) is 11.9. The maximum Gasteiger partial charge on any atom is 0.516 e. The van der Waals surface area contributed by atoms with E-state index in [0.717, 1.165) is 4.72 Å². The van der Waals surface area contributed by atoms with Gasteiger partial charge in [-0.3, -0.25) is 19.2 Å². The van der Waals surface area contributed by atoms with Crippen LogP contribution in [0.15, 0.2) is 0 Å². The summed E-state index contributed by atoms with van der Waals surface area (Å²) in [4.78, 5) is 51.2. The van der Waals surface area contributed by atoms with Crippen molar-refractivity contribution < 1.29 is 40.8 Å². The van der Waals surface area contributed by atoms with Gasteiger partial charge in [0.2, 0.25) is 5.91 Å².